The van der Waals surface area contributed by atoms with Gasteiger partial charge in [0.25, 0.3) is 5.91 Å². The Morgan fingerprint density at radius 1 is 1.17 bits per heavy atom. The number of rotatable bonds is 10. The van der Waals surface area contributed by atoms with E-state index in [9.17, 15) is 4.79 Å². The quantitative estimate of drug-likeness (QED) is 0.414. The average Bonchev–Trinajstić information content (AvgIpc) is 2.91. The Morgan fingerprint density at radius 2 is 1.94 bits per heavy atom. The normalized spacial score (nSPS) is 15.1. The van der Waals surface area contributed by atoms with Crippen LogP contribution in [-0.4, -0.2) is 79.5 Å². The molecule has 9 heteroatoms. The number of carbonyl (C=O) groups is 1. The van der Waals surface area contributed by atoms with Gasteiger partial charge in [-0.05, 0) is 70.0 Å². The van der Waals surface area contributed by atoms with Gasteiger partial charge in [0, 0.05) is 56.1 Å². The van der Waals surface area contributed by atoms with Gasteiger partial charge < -0.3 is 25.0 Å². The topological polar surface area (TPSA) is 102 Å². The van der Waals surface area contributed by atoms with Crippen LogP contribution in [0.25, 0.3) is 22.0 Å². The first-order chi connectivity index (χ1) is 17.5. The molecule has 1 aliphatic rings. The van der Waals surface area contributed by atoms with E-state index in [1.807, 2.05) is 50.6 Å². The van der Waals surface area contributed by atoms with Gasteiger partial charge in [0.1, 0.15) is 0 Å². The monoisotopic (exact) mass is 492 g/mol. The molecule has 1 saturated heterocycles. The van der Waals surface area contributed by atoms with E-state index in [4.69, 9.17) is 9.47 Å². The summed E-state index contributed by atoms with van der Waals surface area (Å²) in [6.07, 6.45) is 4.73. The van der Waals surface area contributed by atoms with Gasteiger partial charge in [0.2, 0.25) is 5.88 Å². The van der Waals surface area contributed by atoms with E-state index in [1.165, 1.54) is 0 Å². The van der Waals surface area contributed by atoms with Crippen LogP contribution in [-0.2, 0) is 4.74 Å². The molecule has 1 fully saturated rings. The molecule has 2 aromatic heterocycles. The molecule has 0 aliphatic carbocycles. The molecule has 3 heterocycles. The number of pyridine rings is 1. The van der Waals surface area contributed by atoms with Gasteiger partial charge in [0.05, 0.1) is 17.8 Å². The molecule has 1 aromatic carbocycles. The number of fused-ring (bicyclic) bond motifs is 1. The van der Waals surface area contributed by atoms with Crippen molar-refractivity contribution in [2.24, 2.45) is 5.92 Å². The molecule has 4 rings (SSSR count). The van der Waals surface area contributed by atoms with Gasteiger partial charge in [-0.3, -0.25) is 4.79 Å². The molecule has 0 radical (unpaired) electrons. The molecule has 2 N–H and O–H groups in total. The number of anilines is 1. The van der Waals surface area contributed by atoms with Crippen molar-refractivity contribution in [3.05, 3.63) is 42.2 Å². The first kappa shape index (κ1) is 25.8. The predicted octanol–water partition coefficient (Wildman–Crippen LogP) is 3.61. The van der Waals surface area contributed by atoms with Gasteiger partial charge in [-0.2, -0.15) is 0 Å². The van der Waals surface area contributed by atoms with Crippen molar-refractivity contribution in [1.82, 2.24) is 25.4 Å². The molecule has 9 nitrogen and oxygen atoms in total. The van der Waals surface area contributed by atoms with Crippen molar-refractivity contribution >= 4 is 22.5 Å². The fraction of sp³-hybridized carbons (Fsp3) is 0.481. The van der Waals surface area contributed by atoms with E-state index < -0.39 is 0 Å². The Balaban J connectivity index is 1.61. The molecule has 3 aromatic rings. The summed E-state index contributed by atoms with van der Waals surface area (Å²) >= 11 is 0. The fourth-order valence-electron chi connectivity index (χ4n) is 4.46. The highest BCUT2D eigenvalue weighted by atomic mass is 16.5. The summed E-state index contributed by atoms with van der Waals surface area (Å²) < 4.78 is 11.3. The highest BCUT2D eigenvalue weighted by Crippen LogP contribution is 2.32. The molecule has 0 saturated carbocycles. The number of aromatic nitrogens is 3. The van der Waals surface area contributed by atoms with E-state index in [0.29, 0.717) is 29.8 Å². The zero-order valence-corrected chi connectivity index (χ0v) is 21.6. The Labute approximate surface area is 212 Å². The number of hydrogen-bond acceptors (Lipinski definition) is 8. The highest BCUT2D eigenvalue weighted by Gasteiger charge is 2.24. The van der Waals surface area contributed by atoms with Gasteiger partial charge in [-0.1, -0.05) is 6.07 Å². The van der Waals surface area contributed by atoms with E-state index >= 15 is 0 Å². The largest absolute Gasteiger partial charge is 0.478 e. The predicted molar refractivity (Wildman–Crippen MR) is 141 cm³/mol. The molecule has 192 valence electrons. The van der Waals surface area contributed by atoms with Crippen LogP contribution in [0, 0.1) is 5.92 Å². The molecule has 1 aliphatic heterocycles. The van der Waals surface area contributed by atoms with Gasteiger partial charge >= 0.3 is 0 Å². The molecule has 0 spiro atoms. The van der Waals surface area contributed by atoms with E-state index in [0.717, 1.165) is 61.1 Å². The summed E-state index contributed by atoms with van der Waals surface area (Å²) in [5.41, 5.74) is 3.66. The number of hydrogen-bond donors (Lipinski definition) is 2. The number of carbonyl (C=O) groups excluding carboxylic acids is 1. The Kier molecular flexibility index (Phi) is 8.66. The molecule has 0 unspecified atom stereocenters. The first-order valence-electron chi connectivity index (χ1n) is 12.6. The van der Waals surface area contributed by atoms with Gasteiger partial charge in [0.15, 0.2) is 5.69 Å². The van der Waals surface area contributed by atoms with E-state index in [2.05, 4.69) is 37.6 Å². The number of amides is 1. The average molecular weight is 493 g/mol. The second-order valence-electron chi connectivity index (χ2n) is 9.51. The third kappa shape index (κ3) is 6.27. The Bertz CT molecular complexity index is 1160. The molecule has 0 bridgehead atoms. The maximum absolute atomic E-state index is 12.7. The first-order valence-corrected chi connectivity index (χ1v) is 12.6. The lowest BCUT2D eigenvalue weighted by Crippen LogP contribution is -2.32. The number of ether oxygens (including phenoxy) is 2. The minimum absolute atomic E-state index is 0.152. The molecule has 1 amide bonds. The van der Waals surface area contributed by atoms with Crippen LogP contribution in [0.4, 0.5) is 5.69 Å². The van der Waals surface area contributed by atoms with Crippen LogP contribution in [0.3, 0.4) is 0 Å². The number of benzene rings is 1. The van der Waals surface area contributed by atoms with Crippen LogP contribution in [0.2, 0.25) is 0 Å². The zero-order valence-electron chi connectivity index (χ0n) is 21.6. The van der Waals surface area contributed by atoms with Gasteiger partial charge in [-0.15, -0.1) is 10.2 Å². The van der Waals surface area contributed by atoms with Crippen LogP contribution in [0.15, 0.2) is 36.5 Å². The molecule has 1 atom stereocenters. The van der Waals surface area contributed by atoms with Crippen molar-refractivity contribution in [1.29, 1.82) is 0 Å². The van der Waals surface area contributed by atoms with Crippen LogP contribution in [0.1, 0.15) is 36.7 Å². The zero-order chi connectivity index (χ0) is 25.5. The van der Waals surface area contributed by atoms with Crippen molar-refractivity contribution in [2.45, 2.75) is 32.2 Å². The van der Waals surface area contributed by atoms with E-state index in [1.54, 1.807) is 7.05 Å². The lowest BCUT2D eigenvalue weighted by molar-refractivity contribution is 0.0622. The second-order valence-corrected chi connectivity index (χ2v) is 9.51. The van der Waals surface area contributed by atoms with Crippen LogP contribution in [0.5, 0.6) is 5.88 Å². The summed E-state index contributed by atoms with van der Waals surface area (Å²) in [4.78, 5) is 19.3. The summed E-state index contributed by atoms with van der Waals surface area (Å²) in [5, 5.41) is 15.7. The maximum Gasteiger partial charge on any atom is 0.273 e. The second kappa shape index (κ2) is 12.1. The molecular formula is C27H36N6O3. The van der Waals surface area contributed by atoms with Crippen molar-refractivity contribution in [3.63, 3.8) is 0 Å². The van der Waals surface area contributed by atoms with Crippen molar-refractivity contribution in [3.8, 4) is 17.0 Å². The number of nitrogens with zero attached hydrogens (tertiary/aromatic N) is 4. The third-order valence-electron chi connectivity index (χ3n) is 6.62. The highest BCUT2D eigenvalue weighted by molar-refractivity contribution is 6.06. The van der Waals surface area contributed by atoms with Crippen molar-refractivity contribution in [2.75, 3.05) is 52.8 Å². The standard InChI is InChI=1S/C27H36N6O3/c1-18(19-10-14-35-15-11-19)30-25-22-16-20(6-8-23(22)31-32-26(25)27(34)28-2)21-7-9-24(29-17-21)36-13-5-12-33(3)4/h6-9,16-19H,5,10-15H2,1-4H3,(H,28,34)(H,30,31)/t18-/m1/s1. The molecule has 36 heavy (non-hydrogen) atoms. The fourth-order valence-corrected chi connectivity index (χ4v) is 4.46. The van der Waals surface area contributed by atoms with Crippen LogP contribution >= 0.6 is 0 Å². The lowest BCUT2D eigenvalue weighted by atomic mass is 9.92. The van der Waals surface area contributed by atoms with Crippen molar-refractivity contribution < 1.29 is 14.3 Å². The Morgan fingerprint density at radius 3 is 2.64 bits per heavy atom. The smallest absolute Gasteiger partial charge is 0.273 e. The van der Waals surface area contributed by atoms with Crippen LogP contribution < -0.4 is 15.4 Å². The van der Waals surface area contributed by atoms with Gasteiger partial charge in [-0.25, -0.2) is 4.98 Å². The lowest BCUT2D eigenvalue weighted by Gasteiger charge is -2.29. The summed E-state index contributed by atoms with van der Waals surface area (Å²) in [6.45, 7) is 5.28. The summed E-state index contributed by atoms with van der Waals surface area (Å²) in [5.74, 6) is 0.796. The summed E-state index contributed by atoms with van der Waals surface area (Å²) in [7, 11) is 5.70. The molecular weight excluding hydrogens is 456 g/mol. The summed E-state index contributed by atoms with van der Waals surface area (Å²) in [6, 6.07) is 10.0. The number of nitrogens with one attached hydrogen (secondary N) is 2. The maximum atomic E-state index is 12.7. The van der Waals surface area contributed by atoms with E-state index in [-0.39, 0.29) is 11.9 Å². The third-order valence-corrected chi connectivity index (χ3v) is 6.62. The Hall–Kier alpha value is -3.30. The minimum atomic E-state index is -0.270. The minimum Gasteiger partial charge on any atom is -0.478 e. The SMILES string of the molecule is CNC(=O)c1nnc2ccc(-c3ccc(OCCCN(C)C)nc3)cc2c1N[C@H](C)C1CCOCC1.